The first-order valence-electron chi connectivity index (χ1n) is 11.3. The lowest BCUT2D eigenvalue weighted by Crippen LogP contribution is -2.49. The first-order chi connectivity index (χ1) is 17.3. The molecule has 5 rings (SSSR count). The van der Waals surface area contributed by atoms with Crippen molar-refractivity contribution in [2.24, 2.45) is 0 Å². The zero-order valence-electron chi connectivity index (χ0n) is 20.0. The number of ether oxygens (including phenoxy) is 2. The van der Waals surface area contributed by atoms with Crippen LogP contribution < -0.4 is 14.4 Å². The molecule has 0 amide bonds. The van der Waals surface area contributed by atoms with Gasteiger partial charge in [0.1, 0.15) is 18.0 Å². The van der Waals surface area contributed by atoms with Crippen molar-refractivity contribution in [3.8, 4) is 22.6 Å². The Morgan fingerprint density at radius 3 is 2.42 bits per heavy atom. The molecule has 36 heavy (non-hydrogen) atoms. The highest BCUT2D eigenvalue weighted by Gasteiger charge is 2.32. The van der Waals surface area contributed by atoms with Crippen molar-refractivity contribution < 1.29 is 22.3 Å². The first kappa shape index (κ1) is 23.9. The summed E-state index contributed by atoms with van der Waals surface area (Å²) in [6.45, 7) is 2.90. The molecule has 0 aliphatic carbocycles. The molecular formula is C24H25FN6O4S. The quantitative estimate of drug-likeness (QED) is 0.389. The number of hydrogen-bond donors (Lipinski definition) is 0. The summed E-state index contributed by atoms with van der Waals surface area (Å²) in [7, 11) is -0.697. The molecule has 1 fully saturated rings. The Morgan fingerprint density at radius 1 is 0.944 bits per heavy atom. The molecule has 1 aliphatic heterocycles. The summed E-state index contributed by atoms with van der Waals surface area (Å²) in [5.41, 5.74) is 2.12. The van der Waals surface area contributed by atoms with E-state index >= 15 is 0 Å². The van der Waals surface area contributed by atoms with Gasteiger partial charge >= 0.3 is 0 Å². The second kappa shape index (κ2) is 9.36. The van der Waals surface area contributed by atoms with Crippen molar-refractivity contribution in [1.82, 2.24) is 23.9 Å². The number of hydrogen-bond acceptors (Lipinski definition) is 8. The molecule has 0 atom stereocenters. The molecule has 0 bridgehead atoms. The lowest BCUT2D eigenvalue weighted by Gasteiger charge is -2.36. The molecule has 0 unspecified atom stereocenters. The average Bonchev–Trinajstić information content (AvgIpc) is 3.38. The molecule has 0 saturated carbocycles. The number of anilines is 1. The molecule has 3 heterocycles. The van der Waals surface area contributed by atoms with Gasteiger partial charge in [-0.1, -0.05) is 12.1 Å². The first-order valence-corrected chi connectivity index (χ1v) is 12.7. The van der Waals surface area contributed by atoms with Crippen LogP contribution in [-0.2, 0) is 10.0 Å². The Labute approximate surface area is 208 Å². The molecule has 2 aromatic heterocycles. The van der Waals surface area contributed by atoms with E-state index in [1.54, 1.807) is 31.9 Å². The van der Waals surface area contributed by atoms with Crippen LogP contribution in [0.3, 0.4) is 0 Å². The number of aromatic nitrogens is 4. The third kappa shape index (κ3) is 4.11. The average molecular weight is 513 g/mol. The van der Waals surface area contributed by atoms with Crippen molar-refractivity contribution in [1.29, 1.82) is 0 Å². The Bertz CT molecular complexity index is 1530. The van der Waals surface area contributed by atoms with Gasteiger partial charge in [0.15, 0.2) is 11.5 Å². The predicted molar refractivity (Wildman–Crippen MR) is 131 cm³/mol. The summed E-state index contributed by atoms with van der Waals surface area (Å²) in [5, 5.41) is 4.36. The van der Waals surface area contributed by atoms with Crippen LogP contribution in [0.4, 0.5) is 10.2 Å². The fraction of sp³-hybridized carbons (Fsp3) is 0.292. The van der Waals surface area contributed by atoms with E-state index in [2.05, 4.69) is 20.0 Å². The lowest BCUT2D eigenvalue weighted by atomic mass is 10.1. The summed E-state index contributed by atoms with van der Waals surface area (Å²) in [5.74, 6) is 1.76. The van der Waals surface area contributed by atoms with Crippen LogP contribution in [0.15, 0.2) is 53.8 Å². The van der Waals surface area contributed by atoms with Crippen molar-refractivity contribution in [2.75, 3.05) is 45.3 Å². The van der Waals surface area contributed by atoms with Crippen LogP contribution in [0.1, 0.15) is 5.56 Å². The van der Waals surface area contributed by atoms with E-state index < -0.39 is 15.8 Å². The third-order valence-corrected chi connectivity index (χ3v) is 8.32. The highest BCUT2D eigenvalue weighted by atomic mass is 32.2. The minimum atomic E-state index is -3.84. The maximum Gasteiger partial charge on any atom is 0.254 e. The van der Waals surface area contributed by atoms with Gasteiger partial charge in [-0.2, -0.15) is 18.9 Å². The number of methoxy groups -OCH3 is 2. The number of nitrogens with zero attached hydrogens (tertiary/aromatic N) is 6. The van der Waals surface area contributed by atoms with Gasteiger partial charge in [-0.25, -0.2) is 17.8 Å². The van der Waals surface area contributed by atoms with Crippen LogP contribution in [-0.4, -0.2) is 72.7 Å². The van der Waals surface area contributed by atoms with E-state index in [9.17, 15) is 12.8 Å². The molecule has 0 spiro atoms. The molecule has 12 heteroatoms. The Hall–Kier alpha value is -3.77. The van der Waals surface area contributed by atoms with E-state index in [1.165, 1.54) is 22.8 Å². The molecule has 1 aliphatic rings. The minimum Gasteiger partial charge on any atom is -0.493 e. The number of aryl methyl sites for hydroxylation is 1. The van der Waals surface area contributed by atoms with E-state index in [0.29, 0.717) is 35.9 Å². The van der Waals surface area contributed by atoms with E-state index in [1.807, 2.05) is 18.2 Å². The van der Waals surface area contributed by atoms with Gasteiger partial charge in [0, 0.05) is 37.9 Å². The van der Waals surface area contributed by atoms with Crippen molar-refractivity contribution in [2.45, 2.75) is 11.8 Å². The van der Waals surface area contributed by atoms with Crippen LogP contribution in [0, 0.1) is 12.7 Å². The fourth-order valence-corrected chi connectivity index (χ4v) is 6.07. The molecule has 2 aromatic carbocycles. The number of sulfonamides is 1. The zero-order chi connectivity index (χ0) is 25.4. The maximum atomic E-state index is 13.8. The van der Waals surface area contributed by atoms with Gasteiger partial charge in [-0.05, 0) is 42.3 Å². The second-order valence-electron chi connectivity index (χ2n) is 8.34. The molecule has 10 nitrogen and oxygen atoms in total. The van der Waals surface area contributed by atoms with Gasteiger partial charge in [0.25, 0.3) is 5.78 Å². The Morgan fingerprint density at radius 2 is 1.69 bits per heavy atom. The summed E-state index contributed by atoms with van der Waals surface area (Å²) >= 11 is 0. The molecule has 4 aromatic rings. The van der Waals surface area contributed by atoms with Crippen LogP contribution in [0.2, 0.25) is 0 Å². The number of piperazine rings is 1. The van der Waals surface area contributed by atoms with Crippen LogP contribution in [0.25, 0.3) is 16.9 Å². The van der Waals surface area contributed by atoms with Crippen molar-refractivity contribution in [3.63, 3.8) is 0 Å². The predicted octanol–water partition coefficient (Wildman–Crippen LogP) is 2.77. The topological polar surface area (TPSA) is 102 Å². The highest BCUT2D eigenvalue weighted by molar-refractivity contribution is 7.89. The lowest BCUT2D eigenvalue weighted by molar-refractivity contribution is 0.355. The number of halogens is 1. The summed E-state index contributed by atoms with van der Waals surface area (Å²) in [4.78, 5) is 10.7. The van der Waals surface area contributed by atoms with E-state index in [4.69, 9.17) is 9.47 Å². The third-order valence-electron chi connectivity index (χ3n) is 6.28. The van der Waals surface area contributed by atoms with Gasteiger partial charge in [0.05, 0.1) is 19.1 Å². The smallest absolute Gasteiger partial charge is 0.254 e. The van der Waals surface area contributed by atoms with Gasteiger partial charge < -0.3 is 14.4 Å². The highest BCUT2D eigenvalue weighted by Crippen LogP contribution is 2.37. The normalized spacial score (nSPS) is 14.8. The fourth-order valence-electron chi connectivity index (χ4n) is 4.41. The van der Waals surface area contributed by atoms with Crippen LogP contribution in [0.5, 0.6) is 11.5 Å². The maximum absolute atomic E-state index is 13.8. The van der Waals surface area contributed by atoms with Crippen molar-refractivity contribution in [3.05, 3.63) is 60.3 Å². The van der Waals surface area contributed by atoms with E-state index in [-0.39, 0.29) is 18.0 Å². The molecule has 188 valence electrons. The zero-order valence-corrected chi connectivity index (χ0v) is 20.9. The summed E-state index contributed by atoms with van der Waals surface area (Å²) in [6, 6.07) is 9.39. The van der Waals surface area contributed by atoms with Crippen LogP contribution >= 0.6 is 0 Å². The van der Waals surface area contributed by atoms with Crippen molar-refractivity contribution >= 4 is 21.6 Å². The Kier molecular flexibility index (Phi) is 6.22. The molecular weight excluding hydrogens is 487 g/mol. The van der Waals surface area contributed by atoms with Gasteiger partial charge in [-0.3, -0.25) is 0 Å². The minimum absolute atomic E-state index is 0.00968. The molecule has 1 saturated heterocycles. The summed E-state index contributed by atoms with van der Waals surface area (Å²) < 4.78 is 54.2. The monoisotopic (exact) mass is 512 g/mol. The van der Waals surface area contributed by atoms with Gasteiger partial charge in [-0.15, -0.1) is 0 Å². The SMILES string of the molecule is COc1ccc(-c2cnc3ncnn3c2N2CCN(S(=O)(=O)c3cc(F)ccc3C)CC2)cc1OC. The molecule has 0 N–H and O–H groups in total. The largest absolute Gasteiger partial charge is 0.493 e. The summed E-state index contributed by atoms with van der Waals surface area (Å²) in [6.07, 6.45) is 3.15. The molecule has 0 radical (unpaired) electrons. The van der Waals surface area contributed by atoms with E-state index in [0.717, 1.165) is 23.0 Å². The second-order valence-corrected chi connectivity index (χ2v) is 10.2. The van der Waals surface area contributed by atoms with Gasteiger partial charge in [0.2, 0.25) is 10.0 Å². The number of fused-ring (bicyclic) bond motifs is 1. The standard InChI is InChI=1S/C24H25FN6O4S/c1-16-4-6-18(25)13-22(16)36(32,33)30-10-8-29(9-11-30)23-19(14-26-24-27-15-28-31(23)24)17-5-7-20(34-2)21(12-17)35-3/h4-7,12-15H,8-11H2,1-3H3. The number of benzene rings is 2. The number of rotatable bonds is 6. The Balaban J connectivity index is 1.49.